The topological polar surface area (TPSA) is 49.8 Å². The smallest absolute Gasteiger partial charge is 0.219 e. The van der Waals surface area contributed by atoms with Gasteiger partial charge in [0, 0.05) is 13.5 Å². The summed E-state index contributed by atoms with van der Waals surface area (Å²) < 4.78 is 5.97. The molecule has 1 saturated heterocycles. The van der Waals surface area contributed by atoms with Gasteiger partial charge >= 0.3 is 0 Å². The molecule has 4 nitrogen and oxygen atoms in total. The fraction of sp³-hybridized carbons (Fsp3) is 0.682. The number of likely N-dealkylation sites (tertiary alicyclic amines) is 1. The van der Waals surface area contributed by atoms with Crippen LogP contribution in [0.25, 0.3) is 0 Å². The van der Waals surface area contributed by atoms with Crippen molar-refractivity contribution in [2.75, 3.05) is 13.2 Å². The molecule has 1 heterocycles. The van der Waals surface area contributed by atoms with Gasteiger partial charge in [0.05, 0.1) is 25.4 Å². The number of nitrogens with zero attached hydrogens (tertiary/aromatic N) is 1. The number of rotatable bonds is 11. The molecule has 146 valence electrons. The number of ether oxygens (including phenoxy) is 1. The van der Waals surface area contributed by atoms with Crippen LogP contribution in [0.4, 0.5) is 0 Å². The zero-order chi connectivity index (χ0) is 18.8. The van der Waals surface area contributed by atoms with E-state index < -0.39 is 0 Å². The highest BCUT2D eigenvalue weighted by Crippen LogP contribution is 2.21. The largest absolute Gasteiger partial charge is 0.394 e. The molecule has 0 aromatic heterocycles. The number of amides is 1. The van der Waals surface area contributed by atoms with Crippen LogP contribution in [0.15, 0.2) is 24.3 Å². The minimum absolute atomic E-state index is 0.00653. The summed E-state index contributed by atoms with van der Waals surface area (Å²) in [5.74, 6) is 0.00852. The van der Waals surface area contributed by atoms with Gasteiger partial charge in [0.2, 0.25) is 5.91 Å². The fourth-order valence-corrected chi connectivity index (χ4v) is 3.68. The lowest BCUT2D eigenvalue weighted by Gasteiger charge is -2.20. The Morgan fingerprint density at radius 3 is 2.38 bits per heavy atom. The maximum Gasteiger partial charge on any atom is 0.219 e. The van der Waals surface area contributed by atoms with E-state index in [2.05, 4.69) is 31.2 Å². The van der Waals surface area contributed by atoms with Gasteiger partial charge in [0.25, 0.3) is 0 Å². The number of hydrogen-bond acceptors (Lipinski definition) is 3. The number of aliphatic hydroxyl groups excluding tert-OH is 1. The molecular formula is C22H35NO3. The van der Waals surface area contributed by atoms with Gasteiger partial charge in [0.15, 0.2) is 0 Å². The van der Waals surface area contributed by atoms with Crippen LogP contribution in [0.3, 0.4) is 0 Å². The second-order valence-corrected chi connectivity index (χ2v) is 7.51. The molecule has 0 aliphatic carbocycles. The standard InChI is InChI=1S/C22H35NO3/c1-3-4-5-6-7-8-9-19-10-12-20(13-11-19)17-26-22-14-21(16-24)23(15-22)18(2)25/h10-13,21-22,24H,3-9,14-17H2,1-2H3/t21-,22+/m1/s1. The quantitative estimate of drug-likeness (QED) is 0.604. The van der Waals surface area contributed by atoms with Crippen LogP contribution >= 0.6 is 0 Å². The number of unbranched alkanes of at least 4 members (excludes halogenated alkanes) is 5. The highest BCUT2D eigenvalue weighted by Gasteiger charge is 2.33. The Bertz CT molecular complexity index is 529. The van der Waals surface area contributed by atoms with Gasteiger partial charge in [-0.2, -0.15) is 0 Å². The summed E-state index contributed by atoms with van der Waals surface area (Å²) >= 11 is 0. The van der Waals surface area contributed by atoms with Gasteiger partial charge in [0.1, 0.15) is 0 Å². The van der Waals surface area contributed by atoms with E-state index in [-0.39, 0.29) is 24.7 Å². The Kier molecular flexibility index (Phi) is 9.13. The molecular weight excluding hydrogens is 326 g/mol. The van der Waals surface area contributed by atoms with Gasteiger partial charge in [-0.3, -0.25) is 4.79 Å². The Morgan fingerprint density at radius 1 is 1.12 bits per heavy atom. The Balaban J connectivity index is 1.68. The molecule has 1 amide bonds. The molecule has 1 aromatic rings. The van der Waals surface area contributed by atoms with Crippen molar-refractivity contribution in [2.45, 2.75) is 84.0 Å². The average molecular weight is 362 g/mol. The third-order valence-electron chi connectivity index (χ3n) is 5.32. The molecule has 1 aromatic carbocycles. The van der Waals surface area contributed by atoms with Crippen LogP contribution < -0.4 is 0 Å². The van der Waals surface area contributed by atoms with E-state index >= 15 is 0 Å². The third-order valence-corrected chi connectivity index (χ3v) is 5.32. The highest BCUT2D eigenvalue weighted by atomic mass is 16.5. The predicted molar refractivity (Wildman–Crippen MR) is 105 cm³/mol. The van der Waals surface area contributed by atoms with Crippen molar-refractivity contribution in [3.05, 3.63) is 35.4 Å². The number of carbonyl (C=O) groups is 1. The van der Waals surface area contributed by atoms with Gasteiger partial charge in [-0.1, -0.05) is 63.3 Å². The average Bonchev–Trinajstić information content (AvgIpc) is 3.07. The second-order valence-electron chi connectivity index (χ2n) is 7.51. The van der Waals surface area contributed by atoms with E-state index in [9.17, 15) is 9.90 Å². The predicted octanol–water partition coefficient (Wildman–Crippen LogP) is 4.09. The lowest BCUT2D eigenvalue weighted by atomic mass is 10.0. The van der Waals surface area contributed by atoms with Crippen LogP contribution in [-0.2, 0) is 22.6 Å². The summed E-state index contributed by atoms with van der Waals surface area (Å²) in [6.07, 6.45) is 9.86. The zero-order valence-corrected chi connectivity index (χ0v) is 16.5. The van der Waals surface area contributed by atoms with Crippen LogP contribution in [-0.4, -0.2) is 41.2 Å². The molecule has 1 aliphatic heterocycles. The van der Waals surface area contributed by atoms with Crippen LogP contribution in [0.1, 0.15) is 69.9 Å². The van der Waals surface area contributed by atoms with Gasteiger partial charge < -0.3 is 14.7 Å². The van der Waals surface area contributed by atoms with E-state index in [1.54, 1.807) is 11.8 Å². The van der Waals surface area contributed by atoms with Crippen molar-refractivity contribution in [2.24, 2.45) is 0 Å². The van der Waals surface area contributed by atoms with E-state index in [1.165, 1.54) is 49.7 Å². The van der Waals surface area contributed by atoms with Crippen LogP contribution in [0.5, 0.6) is 0 Å². The lowest BCUT2D eigenvalue weighted by molar-refractivity contribution is -0.130. The molecule has 2 rings (SSSR count). The number of aliphatic hydroxyl groups is 1. The van der Waals surface area contributed by atoms with Crippen LogP contribution in [0, 0.1) is 0 Å². The van der Waals surface area contributed by atoms with Crippen molar-refractivity contribution in [1.29, 1.82) is 0 Å². The highest BCUT2D eigenvalue weighted by molar-refractivity contribution is 5.74. The molecule has 1 fully saturated rings. The van der Waals surface area contributed by atoms with Gasteiger partial charge in [-0.05, 0) is 30.4 Å². The number of aryl methyl sites for hydroxylation is 1. The minimum Gasteiger partial charge on any atom is -0.394 e. The molecule has 0 spiro atoms. The Labute approximate surface area is 158 Å². The molecule has 2 atom stereocenters. The number of hydrogen-bond donors (Lipinski definition) is 1. The van der Waals surface area contributed by atoms with E-state index in [0.717, 1.165) is 6.42 Å². The SMILES string of the molecule is CCCCCCCCc1ccc(CO[C@H]2C[C@H](CO)N(C(C)=O)C2)cc1. The van der Waals surface area contributed by atoms with Crippen LogP contribution in [0.2, 0.25) is 0 Å². The van der Waals surface area contributed by atoms with Gasteiger partial charge in [-0.25, -0.2) is 0 Å². The minimum atomic E-state index is -0.0998. The summed E-state index contributed by atoms with van der Waals surface area (Å²) in [4.78, 5) is 13.3. The fourth-order valence-electron chi connectivity index (χ4n) is 3.68. The summed E-state index contributed by atoms with van der Waals surface area (Å²) in [6.45, 7) is 4.95. The van der Waals surface area contributed by atoms with E-state index in [1.807, 2.05) is 0 Å². The summed E-state index contributed by atoms with van der Waals surface area (Å²) in [7, 11) is 0. The molecule has 0 unspecified atom stereocenters. The van der Waals surface area contributed by atoms with Gasteiger partial charge in [-0.15, -0.1) is 0 Å². The first-order valence-electron chi connectivity index (χ1n) is 10.2. The first-order valence-corrected chi connectivity index (χ1v) is 10.2. The molecule has 0 radical (unpaired) electrons. The van der Waals surface area contributed by atoms with E-state index in [0.29, 0.717) is 19.6 Å². The summed E-state index contributed by atoms with van der Waals surface area (Å²) in [6, 6.07) is 8.61. The second kappa shape index (κ2) is 11.3. The monoisotopic (exact) mass is 361 g/mol. The maximum atomic E-state index is 11.6. The molecule has 1 aliphatic rings. The maximum absolute atomic E-state index is 11.6. The first-order chi connectivity index (χ1) is 12.6. The molecule has 1 N–H and O–H groups in total. The Morgan fingerprint density at radius 2 is 1.77 bits per heavy atom. The lowest BCUT2D eigenvalue weighted by Crippen LogP contribution is -2.36. The normalized spacial score (nSPS) is 19.9. The van der Waals surface area contributed by atoms with Crippen molar-refractivity contribution in [1.82, 2.24) is 4.90 Å². The molecule has 26 heavy (non-hydrogen) atoms. The van der Waals surface area contributed by atoms with Crippen molar-refractivity contribution in [3.63, 3.8) is 0 Å². The van der Waals surface area contributed by atoms with Crippen molar-refractivity contribution in [3.8, 4) is 0 Å². The molecule has 0 bridgehead atoms. The van der Waals surface area contributed by atoms with Crippen molar-refractivity contribution < 1.29 is 14.6 Å². The summed E-state index contributed by atoms with van der Waals surface area (Å²) in [5.41, 5.74) is 2.56. The first kappa shape index (κ1) is 20.9. The molecule has 4 heteroatoms. The summed E-state index contributed by atoms with van der Waals surface area (Å²) in [5, 5.41) is 9.40. The molecule has 0 saturated carbocycles. The van der Waals surface area contributed by atoms with E-state index in [4.69, 9.17) is 4.74 Å². The number of carbonyl (C=O) groups excluding carboxylic acids is 1. The van der Waals surface area contributed by atoms with Crippen molar-refractivity contribution >= 4 is 5.91 Å². The Hall–Kier alpha value is -1.39. The zero-order valence-electron chi connectivity index (χ0n) is 16.5. The number of benzene rings is 1. The third kappa shape index (κ3) is 6.73.